The van der Waals surface area contributed by atoms with Crippen LogP contribution in [-0.4, -0.2) is 23.9 Å². The fraction of sp³-hybridized carbons (Fsp3) is 0.615. The molecule has 1 amide bonds. The van der Waals surface area contributed by atoms with Gasteiger partial charge in [-0.2, -0.15) is 0 Å². The second-order valence-corrected chi connectivity index (χ2v) is 6.09. The topological polar surface area (TPSA) is 46.3 Å². The molecule has 0 spiro atoms. The zero-order chi connectivity index (χ0) is 11.8. The fourth-order valence-corrected chi connectivity index (χ4v) is 4.07. The van der Waals surface area contributed by atoms with Crippen molar-refractivity contribution in [2.75, 3.05) is 18.8 Å². The number of anilines is 1. The summed E-state index contributed by atoms with van der Waals surface area (Å²) in [7, 11) is 0. The normalized spacial score (nSPS) is 19.4. The van der Waals surface area contributed by atoms with Gasteiger partial charge in [-0.05, 0) is 44.1 Å². The third-order valence-electron chi connectivity index (χ3n) is 3.81. The van der Waals surface area contributed by atoms with Gasteiger partial charge in [0.1, 0.15) is 0 Å². The molecule has 1 fully saturated rings. The standard InChI is InChI=1S/C13H18N2OS/c14-12-11(9-5-4-6-10(9)17-12)13(16)15-7-2-1-3-8-15/h1-8,14H2. The maximum Gasteiger partial charge on any atom is 0.257 e. The highest BCUT2D eigenvalue weighted by Crippen LogP contribution is 2.38. The van der Waals surface area contributed by atoms with Crippen LogP contribution >= 0.6 is 11.3 Å². The van der Waals surface area contributed by atoms with Gasteiger partial charge in [0.15, 0.2) is 0 Å². The van der Waals surface area contributed by atoms with Crippen molar-refractivity contribution >= 4 is 22.2 Å². The first-order valence-corrected chi connectivity index (χ1v) is 7.28. The average Bonchev–Trinajstić information content (AvgIpc) is 2.89. The lowest BCUT2D eigenvalue weighted by molar-refractivity contribution is 0.0725. The molecule has 4 heteroatoms. The molecule has 0 atom stereocenters. The predicted octanol–water partition coefficient (Wildman–Crippen LogP) is 2.45. The van der Waals surface area contributed by atoms with Crippen molar-refractivity contribution in [1.82, 2.24) is 4.90 Å². The Labute approximate surface area is 106 Å². The number of piperidine rings is 1. The van der Waals surface area contributed by atoms with Crippen LogP contribution in [0, 0.1) is 0 Å². The van der Waals surface area contributed by atoms with Gasteiger partial charge in [-0.15, -0.1) is 11.3 Å². The molecule has 2 aliphatic rings. The molecule has 2 N–H and O–H groups in total. The molecule has 2 heterocycles. The quantitative estimate of drug-likeness (QED) is 0.832. The Morgan fingerprint density at radius 1 is 1.12 bits per heavy atom. The van der Waals surface area contributed by atoms with Crippen LogP contribution in [0.5, 0.6) is 0 Å². The molecule has 1 saturated heterocycles. The second kappa shape index (κ2) is 4.33. The number of aryl methyl sites for hydroxylation is 1. The summed E-state index contributed by atoms with van der Waals surface area (Å²) in [5.41, 5.74) is 8.12. The van der Waals surface area contributed by atoms with Gasteiger partial charge in [-0.1, -0.05) is 0 Å². The molecule has 1 aromatic rings. The Morgan fingerprint density at radius 2 is 1.88 bits per heavy atom. The van der Waals surface area contributed by atoms with Gasteiger partial charge in [0.2, 0.25) is 0 Å². The van der Waals surface area contributed by atoms with E-state index in [0.717, 1.165) is 49.3 Å². The summed E-state index contributed by atoms with van der Waals surface area (Å²) in [6.07, 6.45) is 6.86. The van der Waals surface area contributed by atoms with Crippen molar-refractivity contribution in [3.8, 4) is 0 Å². The van der Waals surface area contributed by atoms with Crippen molar-refractivity contribution in [2.45, 2.75) is 38.5 Å². The molecular weight excluding hydrogens is 232 g/mol. The van der Waals surface area contributed by atoms with Crippen LogP contribution in [0.2, 0.25) is 0 Å². The molecule has 0 saturated carbocycles. The Hall–Kier alpha value is -1.03. The van der Waals surface area contributed by atoms with Crippen LogP contribution in [-0.2, 0) is 12.8 Å². The zero-order valence-corrected chi connectivity index (χ0v) is 10.8. The minimum absolute atomic E-state index is 0.182. The van der Waals surface area contributed by atoms with Crippen molar-refractivity contribution in [2.24, 2.45) is 0 Å². The third kappa shape index (κ3) is 1.84. The van der Waals surface area contributed by atoms with Gasteiger partial charge >= 0.3 is 0 Å². The number of carbonyl (C=O) groups excluding carboxylic acids is 1. The van der Waals surface area contributed by atoms with Gasteiger partial charge in [0.25, 0.3) is 5.91 Å². The largest absolute Gasteiger partial charge is 0.390 e. The minimum Gasteiger partial charge on any atom is -0.390 e. The molecule has 17 heavy (non-hydrogen) atoms. The highest BCUT2D eigenvalue weighted by molar-refractivity contribution is 7.16. The molecule has 3 nitrogen and oxygen atoms in total. The first-order valence-electron chi connectivity index (χ1n) is 6.46. The van der Waals surface area contributed by atoms with E-state index in [1.54, 1.807) is 11.3 Å². The predicted molar refractivity (Wildman–Crippen MR) is 70.5 cm³/mol. The average molecular weight is 250 g/mol. The van der Waals surface area contributed by atoms with Crippen molar-refractivity contribution in [1.29, 1.82) is 0 Å². The van der Waals surface area contributed by atoms with Gasteiger partial charge in [0.05, 0.1) is 10.6 Å². The van der Waals surface area contributed by atoms with Gasteiger partial charge in [-0.25, -0.2) is 0 Å². The SMILES string of the molecule is Nc1sc2c(c1C(=O)N1CCCCC1)CCC2. The Balaban J connectivity index is 1.90. The highest BCUT2D eigenvalue weighted by Gasteiger charge is 2.28. The first kappa shape index (κ1) is 11.1. The Bertz CT molecular complexity index is 447. The van der Waals surface area contributed by atoms with E-state index in [-0.39, 0.29) is 5.91 Å². The van der Waals surface area contributed by atoms with Gasteiger partial charge in [0, 0.05) is 18.0 Å². The molecule has 3 rings (SSSR count). The number of amides is 1. The number of thiophene rings is 1. The van der Waals surface area contributed by atoms with E-state index in [9.17, 15) is 4.79 Å². The van der Waals surface area contributed by atoms with E-state index in [4.69, 9.17) is 5.73 Å². The number of hydrogen-bond donors (Lipinski definition) is 1. The number of fused-ring (bicyclic) bond motifs is 1. The van der Waals surface area contributed by atoms with Crippen LogP contribution in [0.25, 0.3) is 0 Å². The highest BCUT2D eigenvalue weighted by atomic mass is 32.1. The summed E-state index contributed by atoms with van der Waals surface area (Å²) >= 11 is 1.63. The van der Waals surface area contributed by atoms with E-state index in [0.29, 0.717) is 0 Å². The summed E-state index contributed by atoms with van der Waals surface area (Å²) in [4.78, 5) is 15.8. The molecule has 0 bridgehead atoms. The molecular formula is C13H18N2OS. The fourth-order valence-electron chi connectivity index (χ4n) is 2.92. The number of likely N-dealkylation sites (tertiary alicyclic amines) is 1. The molecule has 1 aromatic heterocycles. The van der Waals surface area contributed by atoms with E-state index in [1.807, 2.05) is 4.90 Å². The summed E-state index contributed by atoms with van der Waals surface area (Å²) in [5, 5.41) is 0.741. The summed E-state index contributed by atoms with van der Waals surface area (Å²) in [6.45, 7) is 1.81. The minimum atomic E-state index is 0.182. The van der Waals surface area contributed by atoms with E-state index < -0.39 is 0 Å². The Morgan fingerprint density at radius 3 is 2.65 bits per heavy atom. The van der Waals surface area contributed by atoms with Crippen LogP contribution in [0.15, 0.2) is 0 Å². The number of nitrogens with zero attached hydrogens (tertiary/aromatic N) is 1. The lowest BCUT2D eigenvalue weighted by Gasteiger charge is -2.27. The zero-order valence-electron chi connectivity index (χ0n) is 10.00. The van der Waals surface area contributed by atoms with Crippen LogP contribution in [0.1, 0.15) is 46.5 Å². The molecule has 1 aliphatic heterocycles. The monoisotopic (exact) mass is 250 g/mol. The smallest absolute Gasteiger partial charge is 0.257 e. The number of hydrogen-bond acceptors (Lipinski definition) is 3. The summed E-state index contributed by atoms with van der Waals surface area (Å²) in [5.74, 6) is 0.182. The number of rotatable bonds is 1. The van der Waals surface area contributed by atoms with Crippen LogP contribution < -0.4 is 5.73 Å². The van der Waals surface area contributed by atoms with Gasteiger partial charge in [-0.3, -0.25) is 4.79 Å². The van der Waals surface area contributed by atoms with E-state index >= 15 is 0 Å². The molecule has 0 radical (unpaired) electrons. The summed E-state index contributed by atoms with van der Waals surface area (Å²) < 4.78 is 0. The molecule has 92 valence electrons. The second-order valence-electron chi connectivity index (χ2n) is 4.95. The number of nitrogen functional groups attached to an aromatic ring is 1. The summed E-state index contributed by atoms with van der Waals surface area (Å²) in [6, 6.07) is 0. The lowest BCUT2D eigenvalue weighted by Crippen LogP contribution is -2.36. The number of nitrogens with two attached hydrogens (primary N) is 1. The van der Waals surface area contributed by atoms with Crippen molar-refractivity contribution in [3.63, 3.8) is 0 Å². The number of carbonyl (C=O) groups is 1. The van der Waals surface area contributed by atoms with E-state index in [2.05, 4.69) is 0 Å². The molecule has 1 aliphatic carbocycles. The first-order chi connectivity index (χ1) is 8.27. The maximum absolute atomic E-state index is 12.5. The Kier molecular flexibility index (Phi) is 2.82. The third-order valence-corrected chi connectivity index (χ3v) is 4.93. The maximum atomic E-state index is 12.5. The van der Waals surface area contributed by atoms with Gasteiger partial charge < -0.3 is 10.6 Å². The van der Waals surface area contributed by atoms with Crippen molar-refractivity contribution < 1.29 is 4.79 Å². The van der Waals surface area contributed by atoms with E-state index in [1.165, 1.54) is 23.3 Å². The van der Waals surface area contributed by atoms with Crippen molar-refractivity contribution in [3.05, 3.63) is 16.0 Å². The van der Waals surface area contributed by atoms with Crippen LogP contribution in [0.4, 0.5) is 5.00 Å². The molecule has 0 unspecified atom stereocenters. The molecule has 0 aromatic carbocycles. The van der Waals surface area contributed by atoms with Crippen LogP contribution in [0.3, 0.4) is 0 Å². The lowest BCUT2D eigenvalue weighted by atomic mass is 10.1.